The molecule has 11 aromatic carbocycles. The monoisotopic (exact) mass is 2080 g/mol. The molecule has 0 aliphatic carbocycles. The van der Waals surface area contributed by atoms with Gasteiger partial charge in [-0.2, -0.15) is 4.73 Å². The van der Waals surface area contributed by atoms with Crippen LogP contribution in [0.3, 0.4) is 0 Å². The Labute approximate surface area is 891 Å². The summed E-state index contributed by atoms with van der Waals surface area (Å²) in [5, 5.41) is 51.6. The third-order valence-electron chi connectivity index (χ3n) is 24.0. The van der Waals surface area contributed by atoms with Crippen LogP contribution >= 0.6 is 46.4 Å². The second kappa shape index (κ2) is 49.5. The number of ether oxygens (including phenoxy) is 6. The zero-order valence-electron chi connectivity index (χ0n) is 89.7. The van der Waals surface area contributed by atoms with Crippen molar-refractivity contribution in [1.82, 2.24) is 15.0 Å². The molecule has 25 heteroatoms. The minimum absolute atomic E-state index is 0.0591. The van der Waals surface area contributed by atoms with E-state index >= 15 is 0 Å². The number of carboxylic acid groups (broad SMARTS) is 2. The minimum Gasteiger partial charge on any atom is -0.618 e. The molecule has 0 radical (unpaired) electrons. The SMILES string of the molecule is CNc1ccccc1.Cc1cc2c(ccc(C)[n+]2[O-])c(-c2ccc(Cl)cc2)c1[C@@H](COC(=O)C(C)(C)C)OC(C)(C)C.Cc1cc2nc(C(=O)O)ccc2c(-c2ccc(Cl)cc2)c1[C@H](OC(C)(C)C)C(=O)O.Cc1cc2nc(CN(C)c3ccccc3)ccc2c(-c2ccc(Cl)cc2)c1[C@@H](CO)OC(C)(C)C.Cc1cc2nc(CN(C)c3ccccc3)ccc2c(-c2ccc(Cl)cc2)c1[C@@H](COC(=O)C(C)(C)C)OC(C)(C)C. The molecule has 0 unspecified atom stereocenters. The number of esters is 2. The number of hydrogen-bond donors (Lipinski definition) is 4. The molecular formula is C123H139Cl4N7O14. The summed E-state index contributed by atoms with van der Waals surface area (Å²) in [6.07, 6.45) is -2.71. The maximum atomic E-state index is 12.9. The number of fused-ring (bicyclic) bond motifs is 4. The number of aromatic carboxylic acids is 1. The van der Waals surface area contributed by atoms with E-state index < -0.39 is 69.6 Å². The number of aliphatic carboxylic acids is 1. The van der Waals surface area contributed by atoms with Crippen LogP contribution in [0.2, 0.25) is 20.1 Å². The van der Waals surface area contributed by atoms with Crippen molar-refractivity contribution in [3.8, 4) is 44.5 Å². The van der Waals surface area contributed by atoms with Gasteiger partial charge in [0.25, 0.3) is 0 Å². The molecule has 4 N–H and O–H groups in total. The van der Waals surface area contributed by atoms with Crippen molar-refractivity contribution in [2.45, 2.75) is 219 Å². The van der Waals surface area contributed by atoms with Gasteiger partial charge in [-0.3, -0.25) is 19.6 Å². The predicted octanol–water partition coefficient (Wildman–Crippen LogP) is 30.4. The van der Waals surface area contributed by atoms with E-state index in [-0.39, 0.29) is 37.5 Å². The van der Waals surface area contributed by atoms with Gasteiger partial charge in [0.15, 0.2) is 11.8 Å². The quantitative estimate of drug-likeness (QED) is 0.0223. The van der Waals surface area contributed by atoms with Gasteiger partial charge >= 0.3 is 23.9 Å². The molecule has 0 saturated carbocycles. The molecular weight excluding hydrogens is 1940 g/mol. The number of nitrogens with zero attached hydrogens (tertiary/aromatic N) is 6. The summed E-state index contributed by atoms with van der Waals surface area (Å²) < 4.78 is 37.8. The minimum atomic E-state index is -1.22. The third kappa shape index (κ3) is 31.1. The van der Waals surface area contributed by atoms with E-state index in [2.05, 4.69) is 109 Å². The van der Waals surface area contributed by atoms with Crippen molar-refractivity contribution in [2.75, 3.05) is 56.1 Å². The highest BCUT2D eigenvalue weighted by molar-refractivity contribution is 6.31. The number of hydrogen-bond acceptors (Lipinski definition) is 18. The van der Waals surface area contributed by atoms with Gasteiger partial charge in [-0.1, -0.05) is 162 Å². The smallest absolute Gasteiger partial charge is 0.354 e. The van der Waals surface area contributed by atoms with Gasteiger partial charge in [0.05, 0.1) is 86.3 Å². The summed E-state index contributed by atoms with van der Waals surface area (Å²) in [4.78, 5) is 67.7. The molecule has 4 aromatic heterocycles. The van der Waals surface area contributed by atoms with Crippen LogP contribution in [-0.4, -0.2) is 118 Å². The lowest BCUT2D eigenvalue weighted by Crippen LogP contribution is -2.32. The molecule has 0 aliphatic rings. The number of aliphatic hydroxyl groups is 1. The zero-order chi connectivity index (χ0) is 109. The average Bonchev–Trinajstić information content (AvgIpc) is 0.756. The number of carboxylic acids is 2. The molecule has 0 amide bonds. The maximum absolute atomic E-state index is 12.9. The molecule has 0 fully saturated rings. The second-order valence-electron chi connectivity index (χ2n) is 42.9. The first-order chi connectivity index (χ1) is 69.5. The average molecular weight is 2080 g/mol. The Kier molecular flexibility index (Phi) is 38.6. The van der Waals surface area contributed by atoms with Crippen LogP contribution in [0.15, 0.2) is 261 Å². The standard InChI is InChI=1S/C35H41ClN2O3.C30H33ClN2O2.C28H34ClNO4.C23H22ClNO5.C7H9N/c1-23-20-29-28(19-18-26(37-29)21-38(8)27-12-10-9-11-13-27)32(24-14-16-25(36)17-15-24)31(23)30(41-35(5,6)7)22-40-33(39)34(2,3)4;1-20-17-26-25(16-15-23(32-26)18-33(5)24-9-7-6-8-10-24)29(21-11-13-22(31)14-12-21)28(20)27(19-34)35-30(2,3)4;1-17-15-22-21(14-9-18(2)30(22)32)25(19-10-12-20(29)13-11-19)24(17)23(34-28(6,7)8)16-33-26(31)27(3,4)5;1-12-11-17-15(9-10-16(25-17)21(26)27)19(13-5-7-14(24)8-6-13)18(12)20(22(28)29)30-23(2,3)4;1-8-7-5-3-2-4-6-7/h9-20,30H,21-22H2,1-8H3;6-17,27,34H,18-19H2,1-5H3;9-15,23H,16H2,1-8H3;5-11,20H,1-4H3,(H,26,27)(H,28,29);2-6,8H,1H3/t30-;27-;23-;20-;/m1110./s1. The largest absolute Gasteiger partial charge is 0.618 e. The number of rotatable bonds is 26. The molecule has 148 heavy (non-hydrogen) atoms. The maximum Gasteiger partial charge on any atom is 0.354 e. The van der Waals surface area contributed by atoms with Gasteiger partial charge in [-0.15, -0.1) is 0 Å². The van der Waals surface area contributed by atoms with Gasteiger partial charge in [0, 0.05) is 105 Å². The zero-order valence-corrected chi connectivity index (χ0v) is 92.7. The summed E-state index contributed by atoms with van der Waals surface area (Å²) in [6.45, 7) is 45.5. The lowest BCUT2D eigenvalue weighted by atomic mass is 9.88. The van der Waals surface area contributed by atoms with Crippen molar-refractivity contribution in [2.24, 2.45) is 10.8 Å². The van der Waals surface area contributed by atoms with E-state index in [9.17, 15) is 39.7 Å². The van der Waals surface area contributed by atoms with E-state index in [0.717, 1.165) is 133 Å². The fraction of sp³-hybridized carbons (Fsp3) is 0.333. The molecule has 15 rings (SSSR count). The Balaban J connectivity index is 0.000000183. The second-order valence-corrected chi connectivity index (χ2v) is 44.7. The van der Waals surface area contributed by atoms with Gasteiger partial charge in [0.1, 0.15) is 37.2 Å². The van der Waals surface area contributed by atoms with E-state index in [0.29, 0.717) is 72.0 Å². The third-order valence-corrected chi connectivity index (χ3v) is 25.0. The normalized spacial score (nSPS) is 12.6. The molecule has 4 heterocycles. The van der Waals surface area contributed by atoms with Crippen molar-refractivity contribution in [3.63, 3.8) is 0 Å². The van der Waals surface area contributed by atoms with Crippen molar-refractivity contribution >= 4 is 131 Å². The fourth-order valence-corrected chi connectivity index (χ4v) is 17.9. The van der Waals surface area contributed by atoms with Crippen LogP contribution < -0.4 is 19.8 Å². The van der Waals surface area contributed by atoms with Crippen molar-refractivity contribution < 1.29 is 67.6 Å². The Morgan fingerprint density at radius 3 is 1.03 bits per heavy atom. The molecule has 778 valence electrons. The molecule has 4 atom stereocenters. The molecule has 0 saturated heterocycles. The van der Waals surface area contributed by atoms with E-state index in [1.165, 1.54) is 6.07 Å². The highest BCUT2D eigenvalue weighted by atomic mass is 35.5. The van der Waals surface area contributed by atoms with Crippen molar-refractivity contribution in [3.05, 3.63) is 353 Å². The predicted molar refractivity (Wildman–Crippen MR) is 604 cm³/mol. The number of aliphatic hydroxyl groups excluding tert-OH is 1. The number of aryl methyl sites for hydroxylation is 5. The molecule has 0 bridgehead atoms. The number of anilines is 3. The van der Waals surface area contributed by atoms with Gasteiger partial charge in [0.2, 0.25) is 5.52 Å². The lowest BCUT2D eigenvalue weighted by Gasteiger charge is -2.31. The van der Waals surface area contributed by atoms with Crippen LogP contribution in [0.25, 0.3) is 88.1 Å². The first kappa shape index (κ1) is 115. The number of halogens is 4. The van der Waals surface area contributed by atoms with Crippen LogP contribution in [-0.2, 0) is 55.9 Å². The number of carbonyl (C=O) groups excluding carboxylic acids is 2. The number of nitrogens with one attached hydrogen (secondary N) is 1. The summed E-state index contributed by atoms with van der Waals surface area (Å²) in [5.74, 6) is -2.81. The van der Waals surface area contributed by atoms with E-state index in [1.807, 2.05) is 276 Å². The van der Waals surface area contributed by atoms with Crippen LogP contribution in [0.4, 0.5) is 17.1 Å². The van der Waals surface area contributed by atoms with Crippen molar-refractivity contribution in [1.29, 1.82) is 0 Å². The first-order valence-corrected chi connectivity index (χ1v) is 50.9. The number of carbonyl (C=O) groups is 4. The summed E-state index contributed by atoms with van der Waals surface area (Å²) in [5.41, 5.74) is 19.6. The Morgan fingerprint density at radius 1 is 0.385 bits per heavy atom. The Bertz CT molecular complexity index is 7140. The summed E-state index contributed by atoms with van der Waals surface area (Å²) in [7, 11) is 6.06. The topological polar surface area (TPSA) is 268 Å². The molecule has 0 aliphatic heterocycles. The highest BCUT2D eigenvalue weighted by Gasteiger charge is 2.37. The summed E-state index contributed by atoms with van der Waals surface area (Å²) >= 11 is 24.7. The first-order valence-electron chi connectivity index (χ1n) is 49.4. The highest BCUT2D eigenvalue weighted by Crippen LogP contribution is 2.47. The molecule has 21 nitrogen and oxygen atoms in total. The van der Waals surface area contributed by atoms with Gasteiger partial charge in [-0.25, -0.2) is 14.6 Å². The van der Waals surface area contributed by atoms with E-state index in [1.54, 1.807) is 71.0 Å². The molecule has 0 spiro atoms. The Morgan fingerprint density at radius 2 is 0.696 bits per heavy atom. The fourth-order valence-electron chi connectivity index (χ4n) is 17.3. The van der Waals surface area contributed by atoms with Crippen LogP contribution in [0, 0.1) is 50.7 Å². The number of para-hydroxylation sites is 3. The molecule has 15 aromatic rings. The lowest BCUT2D eigenvalue weighted by molar-refractivity contribution is -0.584. The summed E-state index contributed by atoms with van der Waals surface area (Å²) in [6, 6.07) is 83.9. The van der Waals surface area contributed by atoms with Crippen LogP contribution in [0.5, 0.6) is 0 Å². The number of aromatic nitrogens is 4. The number of benzene rings is 11. The van der Waals surface area contributed by atoms with E-state index in [4.69, 9.17) is 84.8 Å². The Hall–Kier alpha value is -12.9. The number of pyridine rings is 4. The van der Waals surface area contributed by atoms with Gasteiger partial charge < -0.3 is 64.1 Å². The van der Waals surface area contributed by atoms with Gasteiger partial charge in [-0.05, 0) is 364 Å². The van der Waals surface area contributed by atoms with Crippen LogP contribution in [0.1, 0.15) is 221 Å².